The van der Waals surface area contributed by atoms with Crippen LogP contribution in [0.3, 0.4) is 0 Å². The van der Waals surface area contributed by atoms with Gasteiger partial charge in [0.1, 0.15) is 11.3 Å². The Morgan fingerprint density at radius 2 is 1.91 bits per heavy atom. The maximum atomic E-state index is 13.0. The van der Waals surface area contributed by atoms with Crippen molar-refractivity contribution >= 4 is 16.9 Å². The average Bonchev–Trinajstić information content (AvgIpc) is 3.62. The van der Waals surface area contributed by atoms with Crippen molar-refractivity contribution in [3.8, 4) is 17.1 Å². The molecule has 1 fully saturated rings. The Labute approximate surface area is 188 Å². The van der Waals surface area contributed by atoms with E-state index < -0.39 is 5.91 Å². The number of hydrogen-bond acceptors (Lipinski definition) is 6. The summed E-state index contributed by atoms with van der Waals surface area (Å²) in [6.45, 7) is 0.338. The van der Waals surface area contributed by atoms with Crippen LogP contribution in [0.15, 0.2) is 68.6 Å². The molecule has 1 N–H and O–H groups in total. The van der Waals surface area contributed by atoms with E-state index in [2.05, 4.69) is 10.4 Å². The van der Waals surface area contributed by atoms with Crippen molar-refractivity contribution in [3.63, 3.8) is 0 Å². The van der Waals surface area contributed by atoms with E-state index in [4.69, 9.17) is 9.15 Å². The monoisotopic (exact) mass is 446 g/mol. The van der Waals surface area contributed by atoms with E-state index in [1.54, 1.807) is 35.9 Å². The molecule has 0 radical (unpaired) electrons. The molecule has 0 saturated heterocycles. The zero-order chi connectivity index (χ0) is 22.9. The molecule has 0 bridgehead atoms. The highest BCUT2D eigenvalue weighted by Crippen LogP contribution is 2.36. The second kappa shape index (κ2) is 8.42. The summed E-state index contributed by atoms with van der Waals surface area (Å²) in [6.07, 6.45) is 1.87. The molecule has 2 aromatic carbocycles. The van der Waals surface area contributed by atoms with Gasteiger partial charge in [0.15, 0.2) is 17.0 Å². The lowest BCUT2D eigenvalue weighted by atomic mass is 10.2. The highest BCUT2D eigenvalue weighted by Gasteiger charge is 2.30. The summed E-state index contributed by atoms with van der Waals surface area (Å²) in [6, 6.07) is 15.5. The zero-order valence-corrected chi connectivity index (χ0v) is 18.0. The van der Waals surface area contributed by atoms with E-state index in [0.29, 0.717) is 16.8 Å². The van der Waals surface area contributed by atoms with Crippen LogP contribution in [0.2, 0.25) is 0 Å². The largest absolute Gasteiger partial charge is 0.497 e. The molecule has 2 aromatic heterocycles. The fraction of sp³-hybridized carbons (Fsp3) is 0.250. The lowest BCUT2D eigenvalue weighted by Crippen LogP contribution is -2.32. The Morgan fingerprint density at radius 1 is 1.15 bits per heavy atom. The van der Waals surface area contributed by atoms with Gasteiger partial charge in [-0.05, 0) is 49.2 Å². The molecule has 0 aliphatic heterocycles. The predicted molar refractivity (Wildman–Crippen MR) is 122 cm³/mol. The van der Waals surface area contributed by atoms with E-state index in [1.165, 1.54) is 10.7 Å². The van der Waals surface area contributed by atoms with E-state index in [9.17, 15) is 14.4 Å². The summed E-state index contributed by atoms with van der Waals surface area (Å²) in [5.41, 5.74) is 0.666. The van der Waals surface area contributed by atoms with Gasteiger partial charge in [-0.25, -0.2) is 9.48 Å². The normalized spacial score (nSPS) is 13.2. The molecular weight excluding hydrogens is 424 g/mol. The van der Waals surface area contributed by atoms with Crippen LogP contribution >= 0.6 is 0 Å². The molecule has 168 valence electrons. The van der Waals surface area contributed by atoms with Crippen molar-refractivity contribution in [2.24, 2.45) is 0 Å². The minimum atomic E-state index is -0.525. The third kappa shape index (κ3) is 4.05. The van der Waals surface area contributed by atoms with Crippen LogP contribution in [-0.2, 0) is 6.54 Å². The first-order valence-electron chi connectivity index (χ1n) is 10.7. The Morgan fingerprint density at radius 3 is 2.64 bits per heavy atom. The number of amides is 1. The van der Waals surface area contributed by atoms with Crippen LogP contribution in [0.4, 0.5) is 0 Å². The van der Waals surface area contributed by atoms with Gasteiger partial charge in [0.2, 0.25) is 0 Å². The topological polar surface area (TPSA) is 108 Å². The van der Waals surface area contributed by atoms with Crippen molar-refractivity contribution in [2.45, 2.75) is 25.4 Å². The highest BCUT2D eigenvalue weighted by molar-refractivity contribution is 5.93. The number of para-hydroxylation sites is 1. The smallest absolute Gasteiger partial charge is 0.346 e. The molecule has 1 amide bonds. The third-order valence-corrected chi connectivity index (χ3v) is 5.60. The SMILES string of the molecule is COc1ccc(-c2nn(CCNC(=O)c3cc(=O)c4ccccc4o3)c(=O)n2C2CC2)cc1. The molecule has 0 spiro atoms. The number of aromatic nitrogens is 3. The Bertz CT molecular complexity index is 1440. The van der Waals surface area contributed by atoms with Gasteiger partial charge in [-0.15, -0.1) is 5.10 Å². The Kier molecular flexibility index (Phi) is 5.29. The molecular formula is C24H22N4O5. The predicted octanol–water partition coefficient (Wildman–Crippen LogP) is 2.59. The van der Waals surface area contributed by atoms with Crippen LogP contribution in [0, 0.1) is 0 Å². The van der Waals surface area contributed by atoms with E-state index >= 15 is 0 Å². The molecule has 0 unspecified atom stereocenters. The van der Waals surface area contributed by atoms with Gasteiger partial charge in [0.05, 0.1) is 19.0 Å². The van der Waals surface area contributed by atoms with Crippen molar-refractivity contribution in [1.29, 1.82) is 0 Å². The zero-order valence-electron chi connectivity index (χ0n) is 18.0. The van der Waals surface area contributed by atoms with Crippen molar-refractivity contribution in [2.75, 3.05) is 13.7 Å². The van der Waals surface area contributed by atoms with Crippen molar-refractivity contribution < 1.29 is 13.9 Å². The fourth-order valence-corrected chi connectivity index (χ4v) is 3.74. The van der Waals surface area contributed by atoms with Crippen LogP contribution in [0.5, 0.6) is 5.75 Å². The molecule has 33 heavy (non-hydrogen) atoms. The second-order valence-electron chi connectivity index (χ2n) is 7.89. The van der Waals surface area contributed by atoms with Gasteiger partial charge in [-0.2, -0.15) is 0 Å². The summed E-state index contributed by atoms with van der Waals surface area (Å²) < 4.78 is 13.8. The van der Waals surface area contributed by atoms with Gasteiger partial charge in [0.25, 0.3) is 5.91 Å². The molecule has 1 aliphatic carbocycles. The number of carbonyl (C=O) groups excluding carboxylic acids is 1. The minimum absolute atomic E-state index is 0.0755. The highest BCUT2D eigenvalue weighted by atomic mass is 16.5. The van der Waals surface area contributed by atoms with Crippen LogP contribution in [0.1, 0.15) is 29.4 Å². The number of benzene rings is 2. The molecule has 2 heterocycles. The molecule has 9 heteroatoms. The number of carbonyl (C=O) groups is 1. The molecule has 5 rings (SSSR count). The maximum absolute atomic E-state index is 13.0. The Balaban J connectivity index is 1.33. The number of hydrogen-bond donors (Lipinski definition) is 1. The quantitative estimate of drug-likeness (QED) is 0.468. The molecule has 0 atom stereocenters. The molecule has 1 saturated carbocycles. The Hall–Kier alpha value is -4.14. The number of nitrogens with zero attached hydrogens (tertiary/aromatic N) is 3. The minimum Gasteiger partial charge on any atom is -0.497 e. The number of methoxy groups -OCH3 is 1. The van der Waals surface area contributed by atoms with Crippen LogP contribution in [0.25, 0.3) is 22.4 Å². The number of nitrogens with one attached hydrogen (secondary N) is 1. The number of ether oxygens (including phenoxy) is 1. The van der Waals surface area contributed by atoms with Gasteiger partial charge >= 0.3 is 5.69 Å². The fourth-order valence-electron chi connectivity index (χ4n) is 3.74. The van der Waals surface area contributed by atoms with Gasteiger partial charge < -0.3 is 14.5 Å². The molecule has 9 nitrogen and oxygen atoms in total. The van der Waals surface area contributed by atoms with Crippen LogP contribution in [-0.4, -0.2) is 33.9 Å². The van der Waals surface area contributed by atoms with Gasteiger partial charge in [-0.3, -0.25) is 14.2 Å². The van der Waals surface area contributed by atoms with Gasteiger partial charge in [-0.1, -0.05) is 12.1 Å². The van der Waals surface area contributed by atoms with Crippen LogP contribution < -0.4 is 21.2 Å². The number of fused-ring (bicyclic) bond motifs is 1. The first kappa shape index (κ1) is 20.7. The van der Waals surface area contributed by atoms with E-state index in [-0.39, 0.29) is 36.0 Å². The third-order valence-electron chi connectivity index (χ3n) is 5.60. The lowest BCUT2D eigenvalue weighted by Gasteiger charge is -2.05. The van der Waals surface area contributed by atoms with Crippen molar-refractivity contribution in [3.05, 3.63) is 81.1 Å². The van der Waals surface area contributed by atoms with Crippen molar-refractivity contribution in [1.82, 2.24) is 19.7 Å². The molecule has 1 aliphatic rings. The van der Waals surface area contributed by atoms with Gasteiger partial charge in [0, 0.05) is 24.2 Å². The van der Waals surface area contributed by atoms with E-state index in [0.717, 1.165) is 24.2 Å². The number of rotatable bonds is 7. The maximum Gasteiger partial charge on any atom is 0.346 e. The summed E-state index contributed by atoms with van der Waals surface area (Å²) in [5.74, 6) is 0.718. The van der Waals surface area contributed by atoms with E-state index in [1.807, 2.05) is 24.3 Å². The summed E-state index contributed by atoms with van der Waals surface area (Å²) in [7, 11) is 1.60. The second-order valence-corrected chi connectivity index (χ2v) is 7.89. The lowest BCUT2D eigenvalue weighted by molar-refractivity contribution is 0.0924. The average molecular weight is 446 g/mol. The first-order chi connectivity index (χ1) is 16.0. The summed E-state index contributed by atoms with van der Waals surface area (Å²) in [5, 5.41) is 7.63. The molecule has 4 aromatic rings. The summed E-state index contributed by atoms with van der Waals surface area (Å²) >= 11 is 0. The summed E-state index contributed by atoms with van der Waals surface area (Å²) in [4.78, 5) is 37.7. The first-order valence-corrected chi connectivity index (χ1v) is 10.7. The standard InChI is InChI=1S/C24H22N4O5/c1-32-17-10-6-15(7-11-17)22-26-27(24(31)28(22)16-8-9-16)13-12-25-23(30)21-14-19(29)18-4-2-3-5-20(18)33-21/h2-7,10-11,14,16H,8-9,12-13H2,1H3,(H,25,30).